The Hall–Kier alpha value is -0.460. The highest BCUT2D eigenvalue weighted by molar-refractivity contribution is 4.97. The average molecular weight is 155 g/mol. The van der Waals surface area contributed by atoms with Crippen LogP contribution in [0.15, 0.2) is 12.3 Å². The van der Waals surface area contributed by atoms with E-state index in [4.69, 9.17) is 0 Å². The Morgan fingerprint density at radius 1 is 1.36 bits per heavy atom. The van der Waals surface area contributed by atoms with Gasteiger partial charge in [-0.2, -0.15) is 0 Å². The molecule has 0 aromatic rings. The van der Waals surface area contributed by atoms with E-state index in [0.717, 1.165) is 12.8 Å². The lowest BCUT2D eigenvalue weighted by Crippen LogP contribution is -2.39. The molecule has 0 aromatic heterocycles. The summed E-state index contributed by atoms with van der Waals surface area (Å²) in [5, 5.41) is 0. The fourth-order valence-corrected chi connectivity index (χ4v) is 0.902. The van der Waals surface area contributed by atoms with Gasteiger partial charge < -0.3 is 4.90 Å². The van der Waals surface area contributed by atoms with Crippen LogP contribution in [0.4, 0.5) is 0 Å². The highest BCUT2D eigenvalue weighted by Gasteiger charge is 2.20. The molecule has 0 rings (SSSR count). The summed E-state index contributed by atoms with van der Waals surface area (Å²) in [7, 11) is 2.12. The number of nitrogens with zero attached hydrogens (tertiary/aromatic N) is 1. The van der Waals surface area contributed by atoms with E-state index in [2.05, 4.69) is 46.2 Å². The van der Waals surface area contributed by atoms with Crippen molar-refractivity contribution in [1.29, 1.82) is 0 Å². The molecule has 0 aliphatic carbocycles. The molecule has 0 aromatic carbocycles. The molecule has 0 fully saturated rings. The number of hydrogen-bond donors (Lipinski definition) is 0. The molecule has 11 heavy (non-hydrogen) atoms. The van der Waals surface area contributed by atoms with Crippen molar-refractivity contribution in [2.45, 2.75) is 46.1 Å². The molecule has 0 bridgehead atoms. The molecule has 0 atom stereocenters. The van der Waals surface area contributed by atoms with E-state index >= 15 is 0 Å². The van der Waals surface area contributed by atoms with Gasteiger partial charge in [-0.15, -0.1) is 0 Å². The second-order valence-electron chi connectivity index (χ2n) is 3.64. The zero-order valence-electron chi connectivity index (χ0n) is 8.57. The third-order valence-electron chi connectivity index (χ3n) is 2.66. The van der Waals surface area contributed by atoms with Crippen molar-refractivity contribution in [2.24, 2.45) is 0 Å². The fraction of sp³-hybridized carbons (Fsp3) is 0.800. The van der Waals surface area contributed by atoms with Crippen molar-refractivity contribution in [3.05, 3.63) is 12.3 Å². The lowest BCUT2D eigenvalue weighted by atomic mass is 9.99. The summed E-state index contributed by atoms with van der Waals surface area (Å²) in [5.74, 6) is 0. The fourth-order valence-electron chi connectivity index (χ4n) is 0.902. The summed E-state index contributed by atoms with van der Waals surface area (Å²) in [6.07, 6.45) is 2.20. The van der Waals surface area contributed by atoms with Crippen molar-refractivity contribution in [3.8, 4) is 0 Å². The van der Waals surface area contributed by atoms with Gasteiger partial charge in [0.15, 0.2) is 0 Å². The van der Waals surface area contributed by atoms with Gasteiger partial charge >= 0.3 is 0 Å². The quantitative estimate of drug-likeness (QED) is 0.603. The van der Waals surface area contributed by atoms with E-state index in [1.807, 2.05) is 0 Å². The van der Waals surface area contributed by atoms with Gasteiger partial charge in [-0.25, -0.2) is 0 Å². The molecule has 0 radical (unpaired) electrons. The van der Waals surface area contributed by atoms with Gasteiger partial charge in [0.2, 0.25) is 0 Å². The SMILES string of the molecule is C=C(CC)N(C)C(C)(C)CC. The lowest BCUT2D eigenvalue weighted by molar-refractivity contribution is 0.194. The highest BCUT2D eigenvalue weighted by atomic mass is 15.2. The van der Waals surface area contributed by atoms with Crippen LogP contribution in [0.1, 0.15) is 40.5 Å². The third kappa shape index (κ3) is 2.57. The molecule has 0 aliphatic heterocycles. The number of allylic oxidation sites excluding steroid dienone is 1. The number of rotatable bonds is 4. The van der Waals surface area contributed by atoms with E-state index in [9.17, 15) is 0 Å². The largest absolute Gasteiger partial charge is 0.373 e. The van der Waals surface area contributed by atoms with Crippen molar-refractivity contribution < 1.29 is 0 Å². The van der Waals surface area contributed by atoms with Crippen molar-refractivity contribution in [1.82, 2.24) is 4.90 Å². The topological polar surface area (TPSA) is 3.24 Å². The van der Waals surface area contributed by atoms with Crippen LogP contribution in [-0.2, 0) is 0 Å². The first-order valence-corrected chi connectivity index (χ1v) is 4.37. The lowest BCUT2D eigenvalue weighted by Gasteiger charge is -2.37. The van der Waals surface area contributed by atoms with E-state index in [-0.39, 0.29) is 5.54 Å². The van der Waals surface area contributed by atoms with Crippen LogP contribution in [0.2, 0.25) is 0 Å². The van der Waals surface area contributed by atoms with Crippen LogP contribution in [-0.4, -0.2) is 17.5 Å². The third-order valence-corrected chi connectivity index (χ3v) is 2.66. The maximum Gasteiger partial charge on any atom is 0.0337 e. The molecule has 0 N–H and O–H groups in total. The van der Waals surface area contributed by atoms with Gasteiger partial charge in [0.1, 0.15) is 0 Å². The standard InChI is InChI=1S/C10H21N/c1-7-9(3)11(6)10(4,5)8-2/h3,7-8H2,1-2,4-6H3. The van der Waals surface area contributed by atoms with Gasteiger partial charge in [-0.05, 0) is 26.7 Å². The van der Waals surface area contributed by atoms with Crippen LogP contribution < -0.4 is 0 Å². The Labute approximate surface area is 71.1 Å². The van der Waals surface area contributed by atoms with Crippen LogP contribution in [0.25, 0.3) is 0 Å². The van der Waals surface area contributed by atoms with Crippen molar-refractivity contribution in [3.63, 3.8) is 0 Å². The monoisotopic (exact) mass is 155 g/mol. The molecular formula is C10H21N. The maximum atomic E-state index is 4.01. The Kier molecular flexibility index (Phi) is 3.64. The predicted molar refractivity (Wildman–Crippen MR) is 51.6 cm³/mol. The summed E-state index contributed by atoms with van der Waals surface area (Å²) >= 11 is 0. The number of hydrogen-bond acceptors (Lipinski definition) is 1. The van der Waals surface area contributed by atoms with Gasteiger partial charge in [-0.1, -0.05) is 20.4 Å². The van der Waals surface area contributed by atoms with Gasteiger partial charge in [0.05, 0.1) is 0 Å². The van der Waals surface area contributed by atoms with Crippen LogP contribution in [0.3, 0.4) is 0 Å². The molecule has 0 amide bonds. The Morgan fingerprint density at radius 3 is 2.09 bits per heavy atom. The van der Waals surface area contributed by atoms with Crippen molar-refractivity contribution in [2.75, 3.05) is 7.05 Å². The highest BCUT2D eigenvalue weighted by Crippen LogP contribution is 2.21. The molecule has 0 unspecified atom stereocenters. The minimum absolute atomic E-state index is 0.257. The second-order valence-corrected chi connectivity index (χ2v) is 3.64. The van der Waals surface area contributed by atoms with E-state index in [0.29, 0.717) is 0 Å². The summed E-state index contributed by atoms with van der Waals surface area (Å²) in [4.78, 5) is 2.27. The molecule has 66 valence electrons. The summed E-state index contributed by atoms with van der Waals surface area (Å²) in [6.45, 7) is 12.9. The molecule has 0 aliphatic rings. The maximum absolute atomic E-state index is 4.01. The molecular weight excluding hydrogens is 134 g/mol. The first kappa shape index (κ1) is 10.5. The molecule has 0 heterocycles. The molecule has 1 heteroatoms. The first-order chi connectivity index (χ1) is 4.95. The minimum Gasteiger partial charge on any atom is -0.373 e. The van der Waals surface area contributed by atoms with E-state index in [1.54, 1.807) is 0 Å². The summed E-state index contributed by atoms with van der Waals surface area (Å²) in [6, 6.07) is 0. The first-order valence-electron chi connectivity index (χ1n) is 4.37. The Morgan fingerprint density at radius 2 is 1.82 bits per heavy atom. The second kappa shape index (κ2) is 3.80. The van der Waals surface area contributed by atoms with Gasteiger partial charge in [0, 0.05) is 18.3 Å². The van der Waals surface area contributed by atoms with Crippen molar-refractivity contribution >= 4 is 0 Å². The predicted octanol–water partition coefficient (Wildman–Crippen LogP) is 3.03. The Bertz CT molecular complexity index is 136. The van der Waals surface area contributed by atoms with E-state index in [1.165, 1.54) is 5.70 Å². The minimum atomic E-state index is 0.257. The zero-order chi connectivity index (χ0) is 9.07. The molecule has 1 nitrogen and oxygen atoms in total. The summed E-state index contributed by atoms with van der Waals surface area (Å²) < 4.78 is 0. The van der Waals surface area contributed by atoms with Gasteiger partial charge in [0.25, 0.3) is 0 Å². The Balaban J connectivity index is 4.22. The molecule has 0 saturated heterocycles. The smallest absolute Gasteiger partial charge is 0.0337 e. The average Bonchev–Trinajstić information content (AvgIpc) is 2.01. The van der Waals surface area contributed by atoms with Crippen LogP contribution in [0, 0.1) is 0 Å². The molecule has 0 spiro atoms. The van der Waals surface area contributed by atoms with Gasteiger partial charge in [-0.3, -0.25) is 0 Å². The van der Waals surface area contributed by atoms with Crippen LogP contribution >= 0.6 is 0 Å². The molecule has 0 saturated carbocycles. The van der Waals surface area contributed by atoms with E-state index < -0.39 is 0 Å². The zero-order valence-corrected chi connectivity index (χ0v) is 8.57. The normalized spacial score (nSPS) is 11.4. The van der Waals surface area contributed by atoms with Crippen LogP contribution in [0.5, 0.6) is 0 Å². The summed E-state index contributed by atoms with van der Waals surface area (Å²) in [5.41, 5.74) is 1.48.